The van der Waals surface area contributed by atoms with E-state index in [1.54, 1.807) is 7.05 Å². The van der Waals surface area contributed by atoms with Crippen LogP contribution in [0.4, 0.5) is 5.69 Å². The second-order valence-corrected chi connectivity index (χ2v) is 5.08. The fourth-order valence-corrected chi connectivity index (χ4v) is 1.49. The molecule has 3 nitrogen and oxygen atoms in total. The second kappa shape index (κ2) is 4.88. The molecule has 0 saturated heterocycles. The van der Waals surface area contributed by atoms with E-state index in [9.17, 15) is 4.79 Å². The lowest BCUT2D eigenvalue weighted by molar-refractivity contribution is -0.121. The van der Waals surface area contributed by atoms with E-state index >= 15 is 0 Å². The maximum Gasteiger partial charge on any atom is 0.244 e. The Kier molecular flexibility index (Phi) is 3.94. The van der Waals surface area contributed by atoms with Crippen LogP contribution < -0.4 is 10.6 Å². The van der Waals surface area contributed by atoms with Crippen molar-refractivity contribution in [1.82, 2.24) is 5.32 Å². The topological polar surface area (TPSA) is 41.1 Å². The highest BCUT2D eigenvalue weighted by Crippen LogP contribution is 2.21. The minimum atomic E-state index is -0.564. The van der Waals surface area contributed by atoms with Gasteiger partial charge in [-0.2, -0.15) is 0 Å². The number of aryl methyl sites for hydroxylation is 3. The number of carbonyl (C=O) groups is 1. The minimum absolute atomic E-state index is 0.0219. The highest BCUT2D eigenvalue weighted by atomic mass is 16.2. The third kappa shape index (κ3) is 3.07. The zero-order valence-electron chi connectivity index (χ0n) is 11.6. The summed E-state index contributed by atoms with van der Waals surface area (Å²) in [6.45, 7) is 9.85. The molecule has 0 radical (unpaired) electrons. The smallest absolute Gasteiger partial charge is 0.244 e. The molecule has 0 saturated carbocycles. The van der Waals surface area contributed by atoms with Gasteiger partial charge in [-0.25, -0.2) is 0 Å². The summed E-state index contributed by atoms with van der Waals surface area (Å²) in [5.41, 5.74) is 3.85. The highest BCUT2D eigenvalue weighted by molar-refractivity contribution is 5.98. The molecule has 1 rings (SSSR count). The van der Waals surface area contributed by atoms with Crippen molar-refractivity contribution in [3.63, 3.8) is 0 Å². The van der Waals surface area contributed by atoms with Crippen molar-refractivity contribution in [3.8, 4) is 0 Å². The number of amides is 1. The van der Waals surface area contributed by atoms with E-state index in [-0.39, 0.29) is 5.91 Å². The molecule has 1 aromatic rings. The van der Waals surface area contributed by atoms with Crippen molar-refractivity contribution in [2.24, 2.45) is 0 Å². The van der Waals surface area contributed by atoms with E-state index in [2.05, 4.69) is 23.6 Å². The Morgan fingerprint density at radius 2 is 1.59 bits per heavy atom. The Hall–Kier alpha value is -1.35. The molecule has 0 spiro atoms. The molecule has 0 aliphatic carbocycles. The van der Waals surface area contributed by atoms with Crippen LogP contribution in [-0.4, -0.2) is 18.5 Å². The van der Waals surface area contributed by atoms with Gasteiger partial charge in [0.1, 0.15) is 0 Å². The molecule has 1 aromatic carbocycles. The molecule has 0 atom stereocenters. The van der Waals surface area contributed by atoms with Gasteiger partial charge >= 0.3 is 0 Å². The molecule has 0 aromatic heterocycles. The summed E-state index contributed by atoms with van der Waals surface area (Å²) >= 11 is 0. The molecule has 0 fully saturated rings. The van der Waals surface area contributed by atoms with Crippen LogP contribution in [0, 0.1) is 20.8 Å². The van der Waals surface area contributed by atoms with Crippen molar-refractivity contribution in [2.75, 3.05) is 12.4 Å². The third-order valence-electron chi connectivity index (χ3n) is 3.28. The number of carbonyl (C=O) groups excluding carboxylic acids is 1. The van der Waals surface area contributed by atoms with Crippen LogP contribution in [0.5, 0.6) is 0 Å². The Balaban J connectivity index is 2.97. The summed E-state index contributed by atoms with van der Waals surface area (Å²) in [4.78, 5) is 12.0. The maximum atomic E-state index is 12.0. The number of rotatable bonds is 3. The van der Waals surface area contributed by atoms with Crippen LogP contribution in [0.3, 0.4) is 0 Å². The van der Waals surface area contributed by atoms with Gasteiger partial charge in [0, 0.05) is 5.69 Å². The van der Waals surface area contributed by atoms with Gasteiger partial charge in [-0.3, -0.25) is 4.79 Å². The van der Waals surface area contributed by atoms with Crippen molar-refractivity contribution in [2.45, 2.75) is 40.2 Å². The van der Waals surface area contributed by atoms with Crippen molar-refractivity contribution < 1.29 is 4.79 Å². The van der Waals surface area contributed by atoms with Gasteiger partial charge in [0.25, 0.3) is 0 Å². The molecule has 0 bridgehead atoms. The normalized spacial score (nSPS) is 11.4. The largest absolute Gasteiger partial charge is 0.324 e. The minimum Gasteiger partial charge on any atom is -0.324 e. The van der Waals surface area contributed by atoms with Crippen molar-refractivity contribution in [1.29, 1.82) is 0 Å². The Bertz CT molecular complexity index is 436. The lowest BCUT2D eigenvalue weighted by Gasteiger charge is -2.23. The molecule has 0 unspecified atom stereocenters. The van der Waals surface area contributed by atoms with Gasteiger partial charge in [-0.15, -0.1) is 0 Å². The Morgan fingerprint density at radius 1 is 1.06 bits per heavy atom. The van der Waals surface area contributed by atoms with Gasteiger partial charge in [0.2, 0.25) is 5.91 Å². The summed E-state index contributed by atoms with van der Waals surface area (Å²) in [5, 5.41) is 5.96. The molecule has 2 N–H and O–H groups in total. The first-order valence-electron chi connectivity index (χ1n) is 5.86. The van der Waals surface area contributed by atoms with Crippen LogP contribution in [0.25, 0.3) is 0 Å². The fourth-order valence-electron chi connectivity index (χ4n) is 1.49. The zero-order valence-corrected chi connectivity index (χ0v) is 11.6. The maximum absolute atomic E-state index is 12.0. The number of hydrogen-bond donors (Lipinski definition) is 2. The van der Waals surface area contributed by atoms with Crippen LogP contribution in [-0.2, 0) is 4.79 Å². The van der Waals surface area contributed by atoms with Crippen LogP contribution in [0.2, 0.25) is 0 Å². The molecule has 0 aliphatic rings. The Labute approximate surface area is 104 Å². The van der Waals surface area contributed by atoms with Gasteiger partial charge in [-0.05, 0) is 64.4 Å². The third-order valence-corrected chi connectivity index (χ3v) is 3.28. The molecule has 0 aliphatic heterocycles. The predicted molar refractivity (Wildman–Crippen MR) is 72.4 cm³/mol. The van der Waals surface area contributed by atoms with Gasteiger partial charge < -0.3 is 10.6 Å². The van der Waals surface area contributed by atoms with Crippen LogP contribution in [0.1, 0.15) is 30.5 Å². The number of likely N-dealkylation sites (N-methyl/N-ethyl adjacent to an activating group) is 1. The first-order chi connectivity index (χ1) is 7.77. The number of benzene rings is 1. The summed E-state index contributed by atoms with van der Waals surface area (Å²) in [5.74, 6) is -0.0219. The van der Waals surface area contributed by atoms with E-state index < -0.39 is 5.54 Å². The summed E-state index contributed by atoms with van der Waals surface area (Å²) in [6.07, 6.45) is 0. The lowest BCUT2D eigenvalue weighted by atomic mass is 10.0. The van der Waals surface area contributed by atoms with Crippen LogP contribution in [0.15, 0.2) is 12.1 Å². The van der Waals surface area contributed by atoms with E-state index in [0.29, 0.717) is 0 Å². The molecule has 0 heterocycles. The first kappa shape index (κ1) is 13.7. The average Bonchev–Trinajstić information content (AvgIpc) is 2.25. The molecule has 1 amide bonds. The van der Waals surface area contributed by atoms with Crippen molar-refractivity contribution >= 4 is 11.6 Å². The fraction of sp³-hybridized carbons (Fsp3) is 0.500. The molecular formula is C14H22N2O. The van der Waals surface area contributed by atoms with E-state index in [4.69, 9.17) is 0 Å². The van der Waals surface area contributed by atoms with Crippen LogP contribution >= 0.6 is 0 Å². The number of nitrogens with one attached hydrogen (secondary N) is 2. The van der Waals surface area contributed by atoms with Gasteiger partial charge in [0.05, 0.1) is 5.54 Å². The van der Waals surface area contributed by atoms with Crippen molar-refractivity contribution in [3.05, 3.63) is 28.8 Å². The predicted octanol–water partition coefficient (Wildman–Crippen LogP) is 2.55. The monoisotopic (exact) mass is 234 g/mol. The second-order valence-electron chi connectivity index (χ2n) is 5.08. The first-order valence-corrected chi connectivity index (χ1v) is 5.86. The van der Waals surface area contributed by atoms with E-state index in [1.165, 1.54) is 11.1 Å². The summed E-state index contributed by atoms with van der Waals surface area (Å²) < 4.78 is 0. The quantitative estimate of drug-likeness (QED) is 0.844. The highest BCUT2D eigenvalue weighted by Gasteiger charge is 2.25. The summed E-state index contributed by atoms with van der Waals surface area (Å²) in [7, 11) is 1.78. The molecule has 94 valence electrons. The lowest BCUT2D eigenvalue weighted by Crippen LogP contribution is -2.48. The number of anilines is 1. The van der Waals surface area contributed by atoms with E-state index in [1.807, 2.05) is 33.8 Å². The summed E-state index contributed by atoms with van der Waals surface area (Å²) in [6, 6.07) is 4.12. The molecule has 3 heteroatoms. The number of hydrogen-bond acceptors (Lipinski definition) is 2. The van der Waals surface area contributed by atoms with Gasteiger partial charge in [-0.1, -0.05) is 6.07 Å². The average molecular weight is 234 g/mol. The molecular weight excluding hydrogens is 212 g/mol. The van der Waals surface area contributed by atoms with E-state index in [0.717, 1.165) is 11.3 Å². The Morgan fingerprint density at radius 3 is 2.12 bits per heavy atom. The zero-order chi connectivity index (χ0) is 13.2. The molecule has 17 heavy (non-hydrogen) atoms. The standard InChI is InChI=1S/C14H22N2O/c1-9-7-11(3)12(8-10(9)2)16-13(17)14(4,5)15-6/h7-8,15H,1-6H3,(H,16,17). The SMILES string of the molecule is CNC(C)(C)C(=O)Nc1cc(C)c(C)cc1C. The van der Waals surface area contributed by atoms with Gasteiger partial charge in [0.15, 0.2) is 0 Å².